The molecule has 1 aliphatic rings. The number of ether oxygens (including phenoxy) is 1. The highest BCUT2D eigenvalue weighted by Crippen LogP contribution is 2.50. The summed E-state index contributed by atoms with van der Waals surface area (Å²) in [5, 5.41) is 20.2. The molecule has 0 aliphatic carbocycles. The number of aliphatic hydroxyl groups is 2. The summed E-state index contributed by atoms with van der Waals surface area (Å²) < 4.78 is 35.7. The summed E-state index contributed by atoms with van der Waals surface area (Å²) >= 11 is 0. The second-order valence-corrected chi connectivity index (χ2v) is 8.10. The standard InChI is InChI=1S/C10H15N5O10P2/c11-8-5-9(13-2-12-8)15(3-14-5)10-7(17)6(16)4(24-10)1-23-27(21,22)25-26(18,19)20/h2-4,6-7,10,16-17H,1H2,(H,21,22)(H2,11,12,13)(H2,18,19,20)/p-3/t4-,6+,7+,10-/m0/s1. The predicted octanol–water partition coefficient (Wildman–Crippen LogP) is -3.64. The molecular weight excluding hydrogens is 412 g/mol. The Bertz CT molecular complexity index is 932. The lowest BCUT2D eigenvalue weighted by molar-refractivity contribution is -0.339. The Morgan fingerprint density at radius 3 is 2.59 bits per heavy atom. The number of rotatable bonds is 6. The van der Waals surface area contributed by atoms with Gasteiger partial charge in [-0.05, 0) is 0 Å². The van der Waals surface area contributed by atoms with Crippen LogP contribution >= 0.6 is 15.6 Å². The Labute approximate surface area is 150 Å². The largest absolute Gasteiger partial charge is 0.790 e. The first-order valence-corrected chi connectivity index (χ1v) is 10.0. The van der Waals surface area contributed by atoms with Crippen LogP contribution in [-0.2, 0) is 22.7 Å². The number of phosphoric ester groups is 1. The predicted molar refractivity (Wildman–Crippen MR) is 77.9 cm³/mol. The maximum Gasteiger partial charge on any atom is 0.271 e. The average Bonchev–Trinajstić information content (AvgIpc) is 3.07. The van der Waals surface area contributed by atoms with Gasteiger partial charge in [0.05, 0.1) is 20.8 Å². The Morgan fingerprint density at radius 1 is 1.22 bits per heavy atom. The van der Waals surface area contributed by atoms with Crippen LogP contribution in [0.3, 0.4) is 0 Å². The smallest absolute Gasteiger partial charge is 0.271 e. The van der Waals surface area contributed by atoms with Gasteiger partial charge < -0.3 is 44.5 Å². The van der Waals surface area contributed by atoms with Crippen molar-refractivity contribution < 1.29 is 47.6 Å². The number of phosphoric acid groups is 2. The number of hydrogen-bond donors (Lipinski definition) is 3. The van der Waals surface area contributed by atoms with Crippen molar-refractivity contribution in [3.8, 4) is 0 Å². The minimum absolute atomic E-state index is 0.0655. The lowest BCUT2D eigenvalue weighted by Crippen LogP contribution is -2.34. The summed E-state index contributed by atoms with van der Waals surface area (Å²) in [6.45, 7) is -0.931. The zero-order valence-electron chi connectivity index (χ0n) is 13.1. The number of fused-ring (bicyclic) bond motifs is 1. The molecule has 0 bridgehead atoms. The third-order valence-electron chi connectivity index (χ3n) is 3.60. The monoisotopic (exact) mass is 424 g/mol. The van der Waals surface area contributed by atoms with Crippen molar-refractivity contribution in [2.75, 3.05) is 12.3 Å². The molecular formula is C10H12N5O10P2-3. The SMILES string of the molecule is Nc1ncnc2c1ncn2[C@H]1O[C@@H](COP(=O)([O-])OP(=O)([O-])[O-])[C@@H](O)[C@H]1O. The zero-order valence-corrected chi connectivity index (χ0v) is 14.9. The molecule has 3 rings (SSSR count). The van der Waals surface area contributed by atoms with Gasteiger partial charge in [-0.25, -0.2) is 15.0 Å². The maximum absolute atomic E-state index is 11.3. The fraction of sp³-hybridized carbons (Fsp3) is 0.500. The van der Waals surface area contributed by atoms with E-state index in [1.54, 1.807) is 0 Å². The van der Waals surface area contributed by atoms with Gasteiger partial charge in [-0.3, -0.25) is 13.4 Å². The lowest BCUT2D eigenvalue weighted by Gasteiger charge is -2.35. The molecule has 1 saturated heterocycles. The molecule has 3 heterocycles. The maximum atomic E-state index is 11.3. The number of nitrogen functional groups attached to an aromatic ring is 1. The van der Waals surface area contributed by atoms with E-state index in [-0.39, 0.29) is 17.0 Å². The summed E-state index contributed by atoms with van der Waals surface area (Å²) in [6.07, 6.45) is -3.48. The van der Waals surface area contributed by atoms with E-state index >= 15 is 0 Å². The quantitative estimate of drug-likeness (QED) is 0.379. The average molecular weight is 424 g/mol. The summed E-state index contributed by atoms with van der Waals surface area (Å²) in [7, 11) is -11.4. The number of imidazole rings is 1. The highest BCUT2D eigenvalue weighted by molar-refractivity contribution is 7.58. The number of nitrogens with two attached hydrogens (primary N) is 1. The summed E-state index contributed by atoms with van der Waals surface area (Å²) in [5.74, 6) is 0.0655. The van der Waals surface area contributed by atoms with Crippen LogP contribution in [0.25, 0.3) is 11.2 Å². The third-order valence-corrected chi connectivity index (χ3v) is 5.66. The van der Waals surface area contributed by atoms with Crippen LogP contribution in [0.4, 0.5) is 5.82 Å². The molecule has 0 spiro atoms. The van der Waals surface area contributed by atoms with Crippen LogP contribution in [0, 0.1) is 0 Å². The molecule has 1 fully saturated rings. The highest BCUT2D eigenvalue weighted by Gasteiger charge is 2.44. The van der Waals surface area contributed by atoms with E-state index in [0.717, 1.165) is 6.33 Å². The molecule has 0 saturated carbocycles. The first-order chi connectivity index (χ1) is 12.5. The number of aromatic nitrogens is 4. The Balaban J connectivity index is 1.75. The zero-order chi connectivity index (χ0) is 20.0. The minimum Gasteiger partial charge on any atom is -0.790 e. The third kappa shape index (κ3) is 4.33. The second kappa shape index (κ2) is 7.14. The van der Waals surface area contributed by atoms with E-state index in [0.29, 0.717) is 0 Å². The van der Waals surface area contributed by atoms with Gasteiger partial charge in [-0.15, -0.1) is 0 Å². The van der Waals surface area contributed by atoms with E-state index < -0.39 is 46.8 Å². The molecule has 0 aromatic carbocycles. The van der Waals surface area contributed by atoms with Crippen molar-refractivity contribution in [3.63, 3.8) is 0 Å². The molecule has 15 nitrogen and oxygen atoms in total. The van der Waals surface area contributed by atoms with Gasteiger partial charge in [0.1, 0.15) is 30.2 Å². The van der Waals surface area contributed by atoms with Crippen molar-refractivity contribution in [1.29, 1.82) is 0 Å². The molecule has 27 heavy (non-hydrogen) atoms. The summed E-state index contributed by atoms with van der Waals surface area (Å²) in [4.78, 5) is 43.7. The Hall–Kier alpha value is -1.51. The lowest BCUT2D eigenvalue weighted by atomic mass is 10.1. The fourth-order valence-corrected chi connectivity index (χ4v) is 3.96. The van der Waals surface area contributed by atoms with Gasteiger partial charge in [-0.1, -0.05) is 0 Å². The molecule has 0 radical (unpaired) electrons. The Kier molecular flexibility index (Phi) is 5.35. The minimum atomic E-state index is -5.85. The van der Waals surface area contributed by atoms with Crippen molar-refractivity contribution >= 4 is 32.6 Å². The fourth-order valence-electron chi connectivity index (χ4n) is 2.46. The van der Waals surface area contributed by atoms with E-state index in [4.69, 9.17) is 10.5 Å². The molecule has 2 aromatic heterocycles. The van der Waals surface area contributed by atoms with Crippen LogP contribution in [0.15, 0.2) is 12.7 Å². The second-order valence-electron chi connectivity index (χ2n) is 5.40. The molecule has 1 aliphatic heterocycles. The van der Waals surface area contributed by atoms with Gasteiger partial charge >= 0.3 is 0 Å². The highest BCUT2D eigenvalue weighted by atomic mass is 31.3. The first kappa shape index (κ1) is 20.2. The van der Waals surface area contributed by atoms with Crippen LogP contribution in [0.2, 0.25) is 0 Å². The molecule has 5 atom stereocenters. The van der Waals surface area contributed by atoms with Crippen LogP contribution in [0.1, 0.15) is 6.23 Å². The van der Waals surface area contributed by atoms with Gasteiger partial charge in [0, 0.05) is 0 Å². The van der Waals surface area contributed by atoms with Crippen LogP contribution in [-0.4, -0.2) is 54.7 Å². The van der Waals surface area contributed by atoms with Crippen molar-refractivity contribution in [3.05, 3.63) is 12.7 Å². The molecule has 0 amide bonds. The Morgan fingerprint density at radius 2 is 1.93 bits per heavy atom. The van der Waals surface area contributed by atoms with Gasteiger partial charge in [-0.2, -0.15) is 0 Å². The number of aliphatic hydroxyl groups excluding tert-OH is 2. The van der Waals surface area contributed by atoms with Crippen molar-refractivity contribution in [2.24, 2.45) is 0 Å². The van der Waals surface area contributed by atoms with E-state index in [2.05, 4.69) is 23.8 Å². The van der Waals surface area contributed by atoms with E-state index in [1.807, 2.05) is 0 Å². The number of anilines is 1. The summed E-state index contributed by atoms with van der Waals surface area (Å²) in [6, 6.07) is 0. The topological polar surface area (TPSA) is 241 Å². The number of hydrogen-bond acceptors (Lipinski definition) is 14. The number of nitrogens with zero attached hydrogens (tertiary/aromatic N) is 4. The van der Waals surface area contributed by atoms with E-state index in [1.165, 1.54) is 10.9 Å². The van der Waals surface area contributed by atoms with Crippen molar-refractivity contribution in [1.82, 2.24) is 19.5 Å². The van der Waals surface area contributed by atoms with Crippen molar-refractivity contribution in [2.45, 2.75) is 24.5 Å². The molecule has 2 aromatic rings. The van der Waals surface area contributed by atoms with E-state index in [9.17, 15) is 34.0 Å². The van der Waals surface area contributed by atoms with Gasteiger partial charge in [0.25, 0.3) is 7.82 Å². The van der Waals surface area contributed by atoms with Gasteiger partial charge in [0.15, 0.2) is 17.7 Å². The molecule has 4 N–H and O–H groups in total. The first-order valence-electron chi connectivity index (χ1n) is 7.12. The molecule has 17 heteroatoms. The van der Waals surface area contributed by atoms with Crippen LogP contribution in [0.5, 0.6) is 0 Å². The van der Waals surface area contributed by atoms with Crippen LogP contribution < -0.4 is 20.4 Å². The van der Waals surface area contributed by atoms with Gasteiger partial charge in [0.2, 0.25) is 0 Å². The molecule has 1 unspecified atom stereocenters. The molecule has 150 valence electrons. The summed E-state index contributed by atoms with van der Waals surface area (Å²) in [5.41, 5.74) is 6.04. The normalized spacial score (nSPS) is 28.5.